The highest BCUT2D eigenvalue weighted by molar-refractivity contribution is 7.99. The predicted octanol–water partition coefficient (Wildman–Crippen LogP) is 1.73. The molecule has 1 fully saturated rings. The maximum Gasteiger partial charge on any atom is 0.327 e. The third kappa shape index (κ3) is 2.29. The van der Waals surface area contributed by atoms with E-state index >= 15 is 0 Å². The van der Waals surface area contributed by atoms with E-state index in [1.165, 1.54) is 23.6 Å². The summed E-state index contributed by atoms with van der Waals surface area (Å²) in [4.78, 5) is 24.1. The SMILES string of the molecule is CC(=O)N1[C@@H](C(=O)O)CS[C@H]1c1ccccc1. The van der Waals surface area contributed by atoms with Crippen LogP contribution >= 0.6 is 11.8 Å². The maximum absolute atomic E-state index is 11.6. The van der Waals surface area contributed by atoms with Gasteiger partial charge in [-0.2, -0.15) is 0 Å². The normalized spacial score (nSPS) is 23.7. The largest absolute Gasteiger partial charge is 0.480 e. The number of carbonyl (C=O) groups excluding carboxylic acids is 1. The van der Waals surface area contributed by atoms with Crippen molar-refractivity contribution in [1.29, 1.82) is 0 Å². The second-order valence-electron chi connectivity index (χ2n) is 3.88. The molecule has 2 atom stereocenters. The number of hydrogen-bond donors (Lipinski definition) is 1. The lowest BCUT2D eigenvalue weighted by Crippen LogP contribution is -2.41. The van der Waals surface area contributed by atoms with Gasteiger partial charge in [-0.05, 0) is 5.56 Å². The quantitative estimate of drug-likeness (QED) is 0.869. The minimum absolute atomic E-state index is 0.185. The second kappa shape index (κ2) is 4.79. The number of aliphatic carboxylic acids is 1. The van der Waals surface area contributed by atoms with Crippen molar-refractivity contribution in [2.45, 2.75) is 18.3 Å². The summed E-state index contributed by atoms with van der Waals surface area (Å²) in [6, 6.07) is 8.79. The molecular formula is C12H13NO3S. The molecule has 1 saturated heterocycles. The van der Waals surface area contributed by atoms with Crippen molar-refractivity contribution in [3.63, 3.8) is 0 Å². The maximum atomic E-state index is 11.6. The van der Waals surface area contributed by atoms with Crippen molar-refractivity contribution in [2.24, 2.45) is 0 Å². The molecule has 17 heavy (non-hydrogen) atoms. The van der Waals surface area contributed by atoms with Crippen LogP contribution in [0.5, 0.6) is 0 Å². The van der Waals surface area contributed by atoms with Gasteiger partial charge in [0.15, 0.2) is 0 Å². The highest BCUT2D eigenvalue weighted by Gasteiger charge is 2.40. The van der Waals surface area contributed by atoms with Gasteiger partial charge >= 0.3 is 5.97 Å². The van der Waals surface area contributed by atoms with Crippen molar-refractivity contribution < 1.29 is 14.7 Å². The first-order valence-electron chi connectivity index (χ1n) is 5.29. The molecule has 4 nitrogen and oxygen atoms in total. The number of benzene rings is 1. The minimum atomic E-state index is -0.939. The van der Waals surface area contributed by atoms with Gasteiger partial charge in [0.05, 0.1) is 0 Å². The molecule has 1 aliphatic rings. The van der Waals surface area contributed by atoms with Crippen LogP contribution in [-0.2, 0) is 9.59 Å². The fourth-order valence-electron chi connectivity index (χ4n) is 1.96. The molecule has 1 aromatic carbocycles. The Labute approximate surface area is 104 Å². The van der Waals surface area contributed by atoms with E-state index in [0.29, 0.717) is 5.75 Å². The molecule has 0 spiro atoms. The smallest absolute Gasteiger partial charge is 0.327 e. The monoisotopic (exact) mass is 251 g/mol. The Morgan fingerprint density at radius 2 is 2.00 bits per heavy atom. The van der Waals surface area contributed by atoms with Gasteiger partial charge in [-0.25, -0.2) is 4.79 Å². The summed E-state index contributed by atoms with van der Waals surface area (Å²) < 4.78 is 0. The van der Waals surface area contributed by atoms with Crippen molar-refractivity contribution in [3.05, 3.63) is 35.9 Å². The van der Waals surface area contributed by atoms with Gasteiger partial charge in [-0.15, -0.1) is 11.8 Å². The van der Waals surface area contributed by atoms with Gasteiger partial charge in [-0.3, -0.25) is 4.79 Å². The molecule has 5 heteroatoms. The van der Waals surface area contributed by atoms with E-state index in [0.717, 1.165) is 5.56 Å². The van der Waals surface area contributed by atoms with E-state index in [2.05, 4.69) is 0 Å². The van der Waals surface area contributed by atoms with E-state index in [1.807, 2.05) is 30.3 Å². The van der Waals surface area contributed by atoms with Crippen LogP contribution in [0.15, 0.2) is 30.3 Å². The summed E-state index contributed by atoms with van der Waals surface area (Å²) >= 11 is 1.49. The fourth-order valence-corrected chi connectivity index (χ4v) is 3.43. The van der Waals surface area contributed by atoms with Gasteiger partial charge in [0.25, 0.3) is 0 Å². The molecule has 0 aliphatic carbocycles. The molecule has 1 amide bonds. The highest BCUT2D eigenvalue weighted by atomic mass is 32.2. The molecular weight excluding hydrogens is 238 g/mol. The average Bonchev–Trinajstić information content (AvgIpc) is 2.74. The van der Waals surface area contributed by atoms with Crippen molar-refractivity contribution in [1.82, 2.24) is 4.90 Å². The van der Waals surface area contributed by atoms with E-state index in [1.54, 1.807) is 0 Å². The molecule has 0 saturated carbocycles. The number of carboxylic acids is 1. The first-order valence-corrected chi connectivity index (χ1v) is 6.34. The Morgan fingerprint density at radius 3 is 2.53 bits per heavy atom. The first-order chi connectivity index (χ1) is 8.11. The van der Waals surface area contributed by atoms with Crippen LogP contribution in [0, 0.1) is 0 Å². The second-order valence-corrected chi connectivity index (χ2v) is 4.99. The number of rotatable bonds is 2. The molecule has 0 bridgehead atoms. The molecule has 1 aliphatic heterocycles. The number of carbonyl (C=O) groups is 2. The Bertz CT molecular complexity index is 435. The number of carboxylic acid groups (broad SMARTS) is 1. The lowest BCUT2D eigenvalue weighted by molar-refractivity contribution is -0.148. The van der Waals surface area contributed by atoms with Crippen LogP contribution in [-0.4, -0.2) is 33.7 Å². The van der Waals surface area contributed by atoms with Crippen LogP contribution in [0.25, 0.3) is 0 Å². The van der Waals surface area contributed by atoms with Gasteiger partial charge in [0.2, 0.25) is 5.91 Å². The fraction of sp³-hybridized carbons (Fsp3) is 0.333. The summed E-state index contributed by atoms with van der Waals surface area (Å²) in [6.07, 6.45) is 0. The van der Waals surface area contributed by atoms with E-state index in [-0.39, 0.29) is 11.3 Å². The Hall–Kier alpha value is -1.49. The van der Waals surface area contributed by atoms with Crippen LogP contribution in [0.3, 0.4) is 0 Å². The minimum Gasteiger partial charge on any atom is -0.480 e. The van der Waals surface area contributed by atoms with Crippen LogP contribution < -0.4 is 0 Å². The van der Waals surface area contributed by atoms with Crippen molar-refractivity contribution in [3.8, 4) is 0 Å². The summed E-state index contributed by atoms with van der Waals surface area (Å²) in [5.41, 5.74) is 0.969. The standard InChI is InChI=1S/C12H13NO3S/c1-8(14)13-10(12(15)16)7-17-11(13)9-5-3-2-4-6-9/h2-6,10-11H,7H2,1H3,(H,15,16)/t10-,11+/m1/s1. The van der Waals surface area contributed by atoms with Crippen LogP contribution in [0.1, 0.15) is 17.9 Å². The zero-order valence-corrected chi connectivity index (χ0v) is 10.2. The van der Waals surface area contributed by atoms with Gasteiger partial charge < -0.3 is 10.0 Å². The highest BCUT2D eigenvalue weighted by Crippen LogP contribution is 2.41. The van der Waals surface area contributed by atoms with Gasteiger partial charge in [0, 0.05) is 12.7 Å². The number of amides is 1. The number of thioether (sulfide) groups is 1. The Kier molecular flexibility index (Phi) is 3.38. The Balaban J connectivity index is 2.30. The lowest BCUT2D eigenvalue weighted by atomic mass is 10.2. The zero-order valence-electron chi connectivity index (χ0n) is 9.37. The third-order valence-electron chi connectivity index (χ3n) is 2.73. The molecule has 90 valence electrons. The van der Waals surface area contributed by atoms with Crippen molar-refractivity contribution in [2.75, 3.05) is 5.75 Å². The summed E-state index contributed by atoms with van der Waals surface area (Å²) in [6.45, 7) is 1.41. The zero-order chi connectivity index (χ0) is 12.4. The van der Waals surface area contributed by atoms with Crippen LogP contribution in [0.2, 0.25) is 0 Å². The number of hydrogen-bond acceptors (Lipinski definition) is 3. The molecule has 2 rings (SSSR count). The number of nitrogens with zero attached hydrogens (tertiary/aromatic N) is 1. The lowest BCUT2D eigenvalue weighted by Gasteiger charge is -2.26. The molecule has 0 radical (unpaired) electrons. The average molecular weight is 251 g/mol. The van der Waals surface area contributed by atoms with Gasteiger partial charge in [0.1, 0.15) is 11.4 Å². The summed E-state index contributed by atoms with van der Waals surface area (Å²) in [5.74, 6) is -0.698. The van der Waals surface area contributed by atoms with Crippen molar-refractivity contribution >= 4 is 23.6 Å². The summed E-state index contributed by atoms with van der Waals surface area (Å²) in [5, 5.41) is 8.90. The first kappa shape index (κ1) is 12.0. The molecule has 1 heterocycles. The van der Waals surface area contributed by atoms with Crippen LogP contribution in [0.4, 0.5) is 0 Å². The predicted molar refractivity (Wildman–Crippen MR) is 65.6 cm³/mol. The molecule has 0 aromatic heterocycles. The topological polar surface area (TPSA) is 57.6 Å². The third-order valence-corrected chi connectivity index (χ3v) is 4.06. The van der Waals surface area contributed by atoms with E-state index in [4.69, 9.17) is 5.11 Å². The molecule has 1 N–H and O–H groups in total. The van der Waals surface area contributed by atoms with E-state index in [9.17, 15) is 9.59 Å². The molecule has 0 unspecified atom stereocenters. The van der Waals surface area contributed by atoms with E-state index < -0.39 is 12.0 Å². The Morgan fingerprint density at radius 1 is 1.35 bits per heavy atom. The van der Waals surface area contributed by atoms with Gasteiger partial charge in [-0.1, -0.05) is 30.3 Å². The molecule has 1 aromatic rings. The summed E-state index contributed by atoms with van der Waals surface area (Å²) in [7, 11) is 0.